The average molecular weight is 456 g/mol. The summed E-state index contributed by atoms with van der Waals surface area (Å²) in [4.78, 5) is 52.5. The SMILES string of the molecule is O=C(O)CNC(=O)[C@H](Cc1ccccc1)NC(=O)[C@@H]1Cc2sccc2[C@H]2CCCC(=O)N21. The Morgan fingerprint density at radius 3 is 2.72 bits per heavy atom. The zero-order chi connectivity index (χ0) is 22.7. The van der Waals surface area contributed by atoms with Crippen LogP contribution in [0.25, 0.3) is 0 Å². The molecule has 3 heterocycles. The number of amides is 3. The molecule has 0 bridgehead atoms. The largest absolute Gasteiger partial charge is 0.480 e. The third-order valence-electron chi connectivity index (χ3n) is 5.98. The second-order valence-electron chi connectivity index (χ2n) is 8.09. The normalized spacial score (nSPS) is 20.6. The molecule has 4 rings (SSSR count). The maximum Gasteiger partial charge on any atom is 0.322 e. The van der Waals surface area contributed by atoms with Gasteiger partial charge in [0.1, 0.15) is 18.6 Å². The molecule has 168 valence electrons. The summed E-state index contributed by atoms with van der Waals surface area (Å²) in [6.45, 7) is -0.533. The van der Waals surface area contributed by atoms with Crippen molar-refractivity contribution < 1.29 is 24.3 Å². The minimum Gasteiger partial charge on any atom is -0.480 e. The van der Waals surface area contributed by atoms with Crippen LogP contribution in [0.4, 0.5) is 0 Å². The number of thiophene rings is 1. The predicted molar refractivity (Wildman–Crippen MR) is 118 cm³/mol. The van der Waals surface area contributed by atoms with Crippen LogP contribution in [-0.4, -0.2) is 52.3 Å². The van der Waals surface area contributed by atoms with E-state index in [0.717, 1.165) is 28.8 Å². The zero-order valence-electron chi connectivity index (χ0n) is 17.5. The molecule has 0 unspecified atom stereocenters. The lowest BCUT2D eigenvalue weighted by Gasteiger charge is -2.44. The summed E-state index contributed by atoms with van der Waals surface area (Å²) in [7, 11) is 0. The van der Waals surface area contributed by atoms with Gasteiger partial charge in [-0.2, -0.15) is 0 Å². The van der Waals surface area contributed by atoms with Gasteiger partial charge in [0.25, 0.3) is 0 Å². The average Bonchev–Trinajstić information content (AvgIpc) is 3.26. The third-order valence-corrected chi connectivity index (χ3v) is 6.94. The van der Waals surface area contributed by atoms with E-state index in [0.29, 0.717) is 12.8 Å². The van der Waals surface area contributed by atoms with Gasteiger partial charge in [0.05, 0.1) is 6.04 Å². The molecule has 32 heavy (non-hydrogen) atoms. The minimum absolute atomic E-state index is 0.0480. The lowest BCUT2D eigenvalue weighted by atomic mass is 9.87. The Balaban J connectivity index is 1.55. The summed E-state index contributed by atoms with van der Waals surface area (Å²) in [5.74, 6) is -2.18. The molecule has 3 amide bonds. The highest BCUT2D eigenvalue weighted by atomic mass is 32.1. The van der Waals surface area contributed by atoms with Gasteiger partial charge >= 0.3 is 5.97 Å². The molecule has 2 aromatic rings. The van der Waals surface area contributed by atoms with Gasteiger partial charge in [0.2, 0.25) is 17.7 Å². The van der Waals surface area contributed by atoms with Crippen molar-refractivity contribution >= 4 is 35.0 Å². The summed E-state index contributed by atoms with van der Waals surface area (Å²) in [6, 6.07) is 9.47. The Kier molecular flexibility index (Phi) is 6.55. The molecule has 0 radical (unpaired) electrons. The lowest BCUT2D eigenvalue weighted by Crippen LogP contribution is -2.59. The van der Waals surface area contributed by atoms with Crippen molar-refractivity contribution in [2.45, 2.75) is 50.2 Å². The number of benzene rings is 1. The minimum atomic E-state index is -1.16. The monoisotopic (exact) mass is 455 g/mol. The molecule has 0 saturated carbocycles. The standard InChI is InChI=1S/C23H25N3O5S/c27-20-8-4-7-17-15-9-10-32-19(15)12-18(26(17)20)23(31)25-16(22(30)24-13-21(28)29)11-14-5-2-1-3-6-14/h1-3,5-6,9-10,16-18H,4,7-8,11-13H2,(H,24,30)(H,25,31)(H,28,29)/t16-,17+,18-/m0/s1. The Bertz CT molecular complexity index is 1020. The van der Waals surface area contributed by atoms with Crippen molar-refractivity contribution in [1.82, 2.24) is 15.5 Å². The highest BCUT2D eigenvalue weighted by Crippen LogP contribution is 2.41. The van der Waals surface area contributed by atoms with Gasteiger partial charge in [-0.15, -0.1) is 11.3 Å². The molecule has 9 heteroatoms. The molecule has 0 aliphatic carbocycles. The molecule has 2 aliphatic heterocycles. The molecule has 8 nitrogen and oxygen atoms in total. The fourth-order valence-corrected chi connectivity index (χ4v) is 5.48. The molecule has 1 aromatic carbocycles. The van der Waals surface area contributed by atoms with E-state index in [1.165, 1.54) is 0 Å². The zero-order valence-corrected chi connectivity index (χ0v) is 18.3. The number of piperidine rings is 1. The van der Waals surface area contributed by atoms with Crippen LogP contribution in [0.3, 0.4) is 0 Å². The number of aliphatic carboxylic acids is 1. The van der Waals surface area contributed by atoms with Crippen molar-refractivity contribution in [1.29, 1.82) is 0 Å². The molecule has 2 aliphatic rings. The molecule has 1 fully saturated rings. The Hall–Kier alpha value is -3.20. The van der Waals surface area contributed by atoms with E-state index in [1.807, 2.05) is 41.8 Å². The van der Waals surface area contributed by atoms with E-state index in [2.05, 4.69) is 10.6 Å². The van der Waals surface area contributed by atoms with Crippen LogP contribution in [0.1, 0.15) is 41.3 Å². The van der Waals surface area contributed by atoms with Crippen molar-refractivity contribution in [2.24, 2.45) is 0 Å². The second-order valence-corrected chi connectivity index (χ2v) is 9.09. The number of hydrogen-bond acceptors (Lipinski definition) is 5. The first-order valence-electron chi connectivity index (χ1n) is 10.6. The van der Waals surface area contributed by atoms with E-state index in [4.69, 9.17) is 5.11 Å². The van der Waals surface area contributed by atoms with Gasteiger partial charge in [0, 0.05) is 24.1 Å². The molecule has 3 atom stereocenters. The number of hydrogen-bond donors (Lipinski definition) is 3. The number of nitrogens with one attached hydrogen (secondary N) is 2. The van der Waals surface area contributed by atoms with Crippen LogP contribution in [0.5, 0.6) is 0 Å². The van der Waals surface area contributed by atoms with E-state index >= 15 is 0 Å². The van der Waals surface area contributed by atoms with Crippen molar-refractivity contribution in [2.75, 3.05) is 6.54 Å². The summed E-state index contributed by atoms with van der Waals surface area (Å²) in [5.41, 5.74) is 1.95. The van der Waals surface area contributed by atoms with Gasteiger partial charge in [-0.25, -0.2) is 0 Å². The van der Waals surface area contributed by atoms with Crippen LogP contribution >= 0.6 is 11.3 Å². The number of carbonyl (C=O) groups is 4. The summed E-state index contributed by atoms with van der Waals surface area (Å²) in [6.07, 6.45) is 2.64. The predicted octanol–water partition coefficient (Wildman–Crippen LogP) is 1.65. The maximum absolute atomic E-state index is 13.4. The maximum atomic E-state index is 13.4. The molecular weight excluding hydrogens is 430 g/mol. The quantitative estimate of drug-likeness (QED) is 0.587. The van der Waals surface area contributed by atoms with Gasteiger partial charge in [-0.05, 0) is 35.4 Å². The van der Waals surface area contributed by atoms with Crippen LogP contribution in [0.2, 0.25) is 0 Å². The number of fused-ring (bicyclic) bond motifs is 3. The van der Waals surface area contributed by atoms with E-state index in [-0.39, 0.29) is 18.4 Å². The van der Waals surface area contributed by atoms with Crippen LogP contribution in [-0.2, 0) is 32.0 Å². The fraction of sp³-hybridized carbons (Fsp3) is 0.391. The van der Waals surface area contributed by atoms with Crippen molar-refractivity contribution in [3.63, 3.8) is 0 Å². The molecule has 0 spiro atoms. The van der Waals surface area contributed by atoms with E-state index in [1.54, 1.807) is 16.2 Å². The molecular formula is C23H25N3O5S. The molecule has 3 N–H and O–H groups in total. The van der Waals surface area contributed by atoms with Gasteiger partial charge in [-0.1, -0.05) is 30.3 Å². The van der Waals surface area contributed by atoms with Crippen molar-refractivity contribution in [3.8, 4) is 0 Å². The van der Waals surface area contributed by atoms with Gasteiger partial charge in [0.15, 0.2) is 0 Å². The van der Waals surface area contributed by atoms with Crippen molar-refractivity contribution in [3.05, 3.63) is 57.8 Å². The highest BCUT2D eigenvalue weighted by molar-refractivity contribution is 7.10. The topological polar surface area (TPSA) is 116 Å². The smallest absolute Gasteiger partial charge is 0.322 e. The fourth-order valence-electron chi connectivity index (χ4n) is 4.50. The number of carbonyl (C=O) groups excluding carboxylic acids is 3. The van der Waals surface area contributed by atoms with Crippen LogP contribution in [0, 0.1) is 0 Å². The number of rotatable bonds is 7. The lowest BCUT2D eigenvalue weighted by molar-refractivity contribution is -0.147. The van der Waals surface area contributed by atoms with E-state index < -0.39 is 36.4 Å². The van der Waals surface area contributed by atoms with Gasteiger partial charge < -0.3 is 20.6 Å². The molecule has 1 saturated heterocycles. The number of nitrogens with zero attached hydrogens (tertiary/aromatic N) is 1. The Morgan fingerprint density at radius 2 is 1.97 bits per heavy atom. The van der Waals surface area contributed by atoms with Crippen LogP contribution < -0.4 is 10.6 Å². The number of carboxylic acid groups (broad SMARTS) is 1. The van der Waals surface area contributed by atoms with E-state index in [9.17, 15) is 19.2 Å². The summed E-state index contributed by atoms with van der Waals surface area (Å²) in [5, 5.41) is 16.0. The van der Waals surface area contributed by atoms with Gasteiger partial charge in [-0.3, -0.25) is 19.2 Å². The summed E-state index contributed by atoms with van der Waals surface area (Å²) >= 11 is 1.58. The van der Waals surface area contributed by atoms with Crippen LogP contribution in [0.15, 0.2) is 41.8 Å². The second kappa shape index (κ2) is 9.52. The Morgan fingerprint density at radius 1 is 1.19 bits per heavy atom. The highest BCUT2D eigenvalue weighted by Gasteiger charge is 2.43. The first-order valence-corrected chi connectivity index (χ1v) is 11.5. The number of carboxylic acids is 1. The summed E-state index contributed by atoms with van der Waals surface area (Å²) < 4.78 is 0. The first-order chi connectivity index (χ1) is 15.4. The first kappa shape index (κ1) is 22.0. The third kappa shape index (κ3) is 4.67. The Labute approximate surface area is 189 Å². The molecule has 1 aromatic heterocycles.